The van der Waals surface area contributed by atoms with Gasteiger partial charge in [-0.2, -0.15) is 0 Å². The minimum absolute atomic E-state index is 0.339. The first-order valence-electron chi connectivity index (χ1n) is 3.47. The highest BCUT2D eigenvalue weighted by Gasteiger charge is 2.29. The molecule has 1 aromatic carbocycles. The Bertz CT molecular complexity index is 351. The Morgan fingerprint density at radius 1 is 1.50 bits per heavy atom. The van der Waals surface area contributed by atoms with Crippen molar-refractivity contribution in [2.24, 2.45) is 0 Å². The zero-order valence-electron chi connectivity index (χ0n) is 6.04. The van der Waals surface area contributed by atoms with Crippen LogP contribution in [0, 0.1) is 3.57 Å². The lowest BCUT2D eigenvalue weighted by Gasteiger charge is -2.00. The molecule has 1 aromatic rings. The first-order valence-corrected chi connectivity index (χ1v) is 4.55. The van der Waals surface area contributed by atoms with Crippen LogP contribution in [0.3, 0.4) is 0 Å². The Balaban J connectivity index is 2.60. The smallest absolute Gasteiger partial charge is 0.257 e. The molecule has 12 heavy (non-hydrogen) atoms. The van der Waals surface area contributed by atoms with E-state index in [1.165, 1.54) is 0 Å². The van der Waals surface area contributed by atoms with Crippen molar-refractivity contribution in [1.29, 1.82) is 0 Å². The van der Waals surface area contributed by atoms with Crippen LogP contribution in [-0.4, -0.2) is 11.0 Å². The molecule has 1 aliphatic heterocycles. The van der Waals surface area contributed by atoms with Gasteiger partial charge in [0.15, 0.2) is 6.10 Å². The van der Waals surface area contributed by atoms with Crippen molar-refractivity contribution in [3.8, 4) is 0 Å². The van der Waals surface area contributed by atoms with Gasteiger partial charge in [0.1, 0.15) is 0 Å². The predicted molar refractivity (Wildman–Crippen MR) is 52.7 cm³/mol. The monoisotopic (exact) mass is 275 g/mol. The van der Waals surface area contributed by atoms with Gasteiger partial charge in [-0.15, -0.1) is 0 Å². The molecule has 3 nitrogen and oxygen atoms in total. The van der Waals surface area contributed by atoms with Crippen molar-refractivity contribution in [2.45, 2.75) is 6.10 Å². The quantitative estimate of drug-likeness (QED) is 0.701. The molecule has 0 radical (unpaired) electrons. The highest BCUT2D eigenvalue weighted by molar-refractivity contribution is 14.1. The van der Waals surface area contributed by atoms with E-state index in [0.717, 1.165) is 9.26 Å². The summed E-state index contributed by atoms with van der Waals surface area (Å²) in [5.74, 6) is -0.339. The number of hydrogen-bond donors (Lipinski definition) is 2. The summed E-state index contributed by atoms with van der Waals surface area (Å²) in [6.07, 6.45) is -0.991. The SMILES string of the molecule is O=C1Nc2c(I)cccc2C1O. The Morgan fingerprint density at radius 2 is 2.25 bits per heavy atom. The second kappa shape index (κ2) is 2.70. The fraction of sp³-hybridized carbons (Fsp3) is 0.125. The molecule has 62 valence electrons. The Labute approximate surface area is 82.9 Å². The average molecular weight is 275 g/mol. The molecular formula is C8H6INO2. The molecule has 2 N–H and O–H groups in total. The van der Waals surface area contributed by atoms with E-state index in [1.54, 1.807) is 6.07 Å². The van der Waals surface area contributed by atoms with Crippen molar-refractivity contribution >= 4 is 34.2 Å². The molecule has 0 aromatic heterocycles. The van der Waals surface area contributed by atoms with Gasteiger partial charge >= 0.3 is 0 Å². The predicted octanol–water partition coefficient (Wildman–Crippen LogP) is 1.28. The highest BCUT2D eigenvalue weighted by atomic mass is 127. The van der Waals surface area contributed by atoms with Crippen LogP contribution in [0.15, 0.2) is 18.2 Å². The number of benzene rings is 1. The van der Waals surface area contributed by atoms with E-state index in [9.17, 15) is 9.90 Å². The summed E-state index contributed by atoms with van der Waals surface area (Å²) in [5, 5.41) is 12.0. The number of halogens is 1. The van der Waals surface area contributed by atoms with Gasteiger partial charge in [-0.25, -0.2) is 0 Å². The minimum Gasteiger partial charge on any atom is -0.378 e. The van der Waals surface area contributed by atoms with Crippen LogP contribution < -0.4 is 5.32 Å². The molecule has 0 aliphatic carbocycles. The van der Waals surface area contributed by atoms with Crippen molar-refractivity contribution < 1.29 is 9.90 Å². The van der Waals surface area contributed by atoms with Gasteiger partial charge in [0.05, 0.1) is 5.69 Å². The van der Waals surface area contributed by atoms with Crippen LogP contribution in [0.25, 0.3) is 0 Å². The number of anilines is 1. The number of rotatable bonds is 0. The van der Waals surface area contributed by atoms with Gasteiger partial charge in [0, 0.05) is 9.13 Å². The summed E-state index contributed by atoms with van der Waals surface area (Å²) in [7, 11) is 0. The van der Waals surface area contributed by atoms with E-state index >= 15 is 0 Å². The van der Waals surface area contributed by atoms with E-state index in [-0.39, 0.29) is 5.91 Å². The fourth-order valence-corrected chi connectivity index (χ4v) is 1.89. The number of fused-ring (bicyclic) bond motifs is 1. The largest absolute Gasteiger partial charge is 0.378 e. The van der Waals surface area contributed by atoms with Crippen molar-refractivity contribution in [3.05, 3.63) is 27.3 Å². The summed E-state index contributed by atoms with van der Waals surface area (Å²) in [5.41, 5.74) is 1.42. The van der Waals surface area contributed by atoms with Crippen LogP contribution in [0.4, 0.5) is 5.69 Å². The Morgan fingerprint density at radius 3 is 2.92 bits per heavy atom. The normalized spacial score (nSPS) is 20.5. The summed E-state index contributed by atoms with van der Waals surface area (Å²) in [4.78, 5) is 11.0. The van der Waals surface area contributed by atoms with Crippen LogP contribution in [0.1, 0.15) is 11.7 Å². The molecule has 0 saturated carbocycles. The second-order valence-electron chi connectivity index (χ2n) is 2.60. The maximum absolute atomic E-state index is 11.0. The topological polar surface area (TPSA) is 49.3 Å². The van der Waals surface area contributed by atoms with Crippen LogP contribution in [0.2, 0.25) is 0 Å². The first kappa shape index (κ1) is 8.00. The zero-order valence-corrected chi connectivity index (χ0v) is 8.20. The summed E-state index contributed by atoms with van der Waals surface area (Å²) >= 11 is 2.12. The van der Waals surface area contributed by atoms with Crippen LogP contribution in [-0.2, 0) is 4.79 Å². The van der Waals surface area contributed by atoms with Crippen LogP contribution >= 0.6 is 22.6 Å². The Kier molecular flexibility index (Phi) is 1.80. The highest BCUT2D eigenvalue weighted by Crippen LogP contribution is 2.33. The molecule has 1 amide bonds. The van der Waals surface area contributed by atoms with Gasteiger partial charge in [-0.05, 0) is 28.7 Å². The van der Waals surface area contributed by atoms with E-state index < -0.39 is 6.10 Å². The van der Waals surface area contributed by atoms with Gasteiger partial charge in [-0.3, -0.25) is 4.79 Å². The second-order valence-corrected chi connectivity index (χ2v) is 3.76. The lowest BCUT2D eigenvalue weighted by atomic mass is 10.1. The van der Waals surface area contributed by atoms with Gasteiger partial charge in [-0.1, -0.05) is 12.1 Å². The maximum Gasteiger partial charge on any atom is 0.257 e. The van der Waals surface area contributed by atoms with E-state index in [1.807, 2.05) is 12.1 Å². The molecule has 0 spiro atoms. The third kappa shape index (κ3) is 1.02. The molecule has 0 saturated heterocycles. The van der Waals surface area contributed by atoms with Crippen LogP contribution in [0.5, 0.6) is 0 Å². The van der Waals surface area contributed by atoms with Crippen molar-refractivity contribution in [2.75, 3.05) is 5.32 Å². The summed E-state index contributed by atoms with van der Waals surface area (Å²) in [6, 6.07) is 5.46. The van der Waals surface area contributed by atoms with Crippen molar-refractivity contribution in [1.82, 2.24) is 0 Å². The third-order valence-corrected chi connectivity index (χ3v) is 2.74. The molecule has 1 atom stereocenters. The minimum atomic E-state index is -0.991. The molecular weight excluding hydrogens is 269 g/mol. The molecule has 0 fully saturated rings. The number of aliphatic hydroxyl groups excluding tert-OH is 1. The molecule has 4 heteroatoms. The fourth-order valence-electron chi connectivity index (χ4n) is 1.23. The number of nitrogens with one attached hydrogen (secondary N) is 1. The van der Waals surface area contributed by atoms with Gasteiger partial charge in [0.25, 0.3) is 5.91 Å². The lowest BCUT2D eigenvalue weighted by Crippen LogP contribution is -2.10. The molecule has 1 aliphatic rings. The first-order chi connectivity index (χ1) is 5.70. The van der Waals surface area contributed by atoms with E-state index in [4.69, 9.17) is 0 Å². The van der Waals surface area contributed by atoms with Gasteiger partial charge in [0.2, 0.25) is 0 Å². The standard InChI is InChI=1S/C8H6INO2/c9-5-3-1-2-4-6(5)10-8(12)7(4)11/h1-3,7,11H,(H,10,12). The molecule has 2 rings (SSSR count). The lowest BCUT2D eigenvalue weighted by molar-refractivity contribution is -0.123. The molecule has 1 heterocycles. The zero-order chi connectivity index (χ0) is 8.72. The number of carbonyl (C=O) groups is 1. The van der Waals surface area contributed by atoms with Gasteiger partial charge < -0.3 is 10.4 Å². The van der Waals surface area contributed by atoms with Crippen molar-refractivity contribution in [3.63, 3.8) is 0 Å². The van der Waals surface area contributed by atoms with E-state index in [2.05, 4.69) is 27.9 Å². The Hall–Kier alpha value is -0.620. The van der Waals surface area contributed by atoms with E-state index in [0.29, 0.717) is 5.56 Å². The summed E-state index contributed by atoms with van der Waals surface area (Å²) in [6.45, 7) is 0. The summed E-state index contributed by atoms with van der Waals surface area (Å²) < 4.78 is 0.954. The number of hydrogen-bond acceptors (Lipinski definition) is 2. The average Bonchev–Trinajstić information content (AvgIpc) is 2.32. The maximum atomic E-state index is 11.0. The molecule has 1 unspecified atom stereocenters. The third-order valence-electron chi connectivity index (χ3n) is 1.84. The number of amides is 1. The number of para-hydroxylation sites is 1. The molecule has 0 bridgehead atoms. The number of aliphatic hydroxyl groups is 1. The number of carbonyl (C=O) groups excluding carboxylic acids is 1.